The number of methoxy groups -OCH3 is 1. The number of H-pyrrole nitrogens is 1. The first-order valence-electron chi connectivity index (χ1n) is 12.9. The number of nitrogens with one attached hydrogen (secondary N) is 1. The van der Waals surface area contributed by atoms with Crippen molar-refractivity contribution in [2.24, 2.45) is 5.92 Å². The standard InChI is InChI=1S/C29H38FN3O3.2ClH/c1-20(2)28-23-12-11-22(30)18-21(23)13-14-29(28,36-27(34)19-35-4)15-17-33(3)16-7-10-26-31-24-8-5-6-9-25(24)32-26;;/h5-6,8-9,11-12,18,20,28H,7,10,13-17,19H2,1-4H3,(H,31,32);2*1H/t28-,29+;;/m0../s1. The first-order chi connectivity index (χ1) is 17.3. The van der Waals surface area contributed by atoms with Gasteiger partial charge < -0.3 is 19.4 Å². The van der Waals surface area contributed by atoms with Gasteiger partial charge in [0, 0.05) is 32.4 Å². The number of ether oxygens (including phenoxy) is 2. The van der Waals surface area contributed by atoms with Gasteiger partial charge >= 0.3 is 5.97 Å². The fraction of sp³-hybridized carbons (Fsp3) is 0.517. The van der Waals surface area contributed by atoms with Crippen molar-refractivity contribution in [2.45, 2.75) is 57.5 Å². The third-order valence-corrected chi connectivity index (χ3v) is 7.38. The van der Waals surface area contributed by atoms with E-state index in [0.717, 1.165) is 53.9 Å². The van der Waals surface area contributed by atoms with Crippen LogP contribution in [0.5, 0.6) is 0 Å². The predicted molar refractivity (Wildman–Crippen MR) is 154 cm³/mol. The lowest BCUT2D eigenvalue weighted by Crippen LogP contribution is -2.49. The molecule has 1 N–H and O–H groups in total. The molecule has 1 aliphatic carbocycles. The molecule has 2 aromatic carbocycles. The van der Waals surface area contributed by atoms with Gasteiger partial charge in [-0.05, 0) is 74.2 Å². The van der Waals surface area contributed by atoms with E-state index in [9.17, 15) is 9.18 Å². The van der Waals surface area contributed by atoms with Crippen molar-refractivity contribution in [3.63, 3.8) is 0 Å². The molecular formula is C29H40Cl2FN3O3. The maximum atomic E-state index is 14.0. The van der Waals surface area contributed by atoms with E-state index in [0.29, 0.717) is 19.3 Å². The Kier molecular flexibility index (Phi) is 12.0. The molecule has 6 nitrogen and oxygen atoms in total. The van der Waals surface area contributed by atoms with Gasteiger partial charge in [0.1, 0.15) is 23.8 Å². The summed E-state index contributed by atoms with van der Waals surface area (Å²) >= 11 is 0. The Morgan fingerprint density at radius 3 is 2.68 bits per heavy atom. The molecule has 9 heteroatoms. The number of hydrogen-bond donors (Lipinski definition) is 1. The topological polar surface area (TPSA) is 67.5 Å². The second kappa shape index (κ2) is 14.3. The average Bonchev–Trinajstić information content (AvgIpc) is 3.25. The number of rotatable bonds is 11. The first-order valence-corrected chi connectivity index (χ1v) is 12.9. The number of benzene rings is 2. The lowest BCUT2D eigenvalue weighted by Gasteiger charge is -2.47. The largest absolute Gasteiger partial charge is 0.457 e. The Bertz CT molecular complexity index is 1160. The summed E-state index contributed by atoms with van der Waals surface area (Å²) in [6.45, 7) is 5.93. The molecule has 2 atom stereocenters. The molecule has 0 saturated heterocycles. The van der Waals surface area contributed by atoms with Crippen LogP contribution in [0.1, 0.15) is 56.0 Å². The molecule has 0 radical (unpaired) electrons. The van der Waals surface area contributed by atoms with Crippen LogP contribution >= 0.6 is 24.8 Å². The Labute approximate surface area is 237 Å². The van der Waals surface area contributed by atoms with E-state index >= 15 is 0 Å². The highest BCUT2D eigenvalue weighted by Gasteiger charge is 2.47. The van der Waals surface area contributed by atoms with Crippen molar-refractivity contribution in [3.05, 3.63) is 65.2 Å². The lowest BCUT2D eigenvalue weighted by atomic mass is 9.65. The third-order valence-electron chi connectivity index (χ3n) is 7.38. The van der Waals surface area contributed by atoms with Crippen LogP contribution in [0.3, 0.4) is 0 Å². The highest BCUT2D eigenvalue weighted by Crippen LogP contribution is 2.48. The zero-order valence-corrected chi connectivity index (χ0v) is 24.3. The molecule has 210 valence electrons. The van der Waals surface area contributed by atoms with Gasteiger partial charge in [-0.25, -0.2) is 14.2 Å². The lowest BCUT2D eigenvalue weighted by molar-refractivity contribution is -0.172. The minimum atomic E-state index is -0.651. The molecule has 0 amide bonds. The molecular weight excluding hydrogens is 528 g/mol. The number of aryl methyl sites for hydroxylation is 2. The van der Waals surface area contributed by atoms with Gasteiger partial charge in [-0.2, -0.15) is 0 Å². The third kappa shape index (κ3) is 7.47. The van der Waals surface area contributed by atoms with Crippen molar-refractivity contribution >= 4 is 41.8 Å². The normalized spacial score (nSPS) is 18.7. The molecule has 0 spiro atoms. The zero-order chi connectivity index (χ0) is 25.7. The molecule has 0 fully saturated rings. The van der Waals surface area contributed by atoms with Crippen LogP contribution in [0.15, 0.2) is 42.5 Å². The summed E-state index contributed by atoms with van der Waals surface area (Å²) in [5.41, 5.74) is 3.53. The molecule has 0 unspecified atom stereocenters. The van der Waals surface area contributed by atoms with Crippen LogP contribution in [-0.2, 0) is 27.1 Å². The van der Waals surface area contributed by atoms with Crippen molar-refractivity contribution in [3.8, 4) is 0 Å². The van der Waals surface area contributed by atoms with Crippen LogP contribution < -0.4 is 0 Å². The Balaban J connectivity index is 0.00000253. The van der Waals surface area contributed by atoms with Gasteiger partial charge in [0.25, 0.3) is 0 Å². The summed E-state index contributed by atoms with van der Waals surface area (Å²) in [7, 11) is 3.61. The zero-order valence-electron chi connectivity index (χ0n) is 22.7. The number of halogens is 3. The quantitative estimate of drug-likeness (QED) is 0.283. The van der Waals surface area contributed by atoms with E-state index in [1.807, 2.05) is 30.3 Å². The van der Waals surface area contributed by atoms with Gasteiger partial charge in [0.15, 0.2) is 0 Å². The van der Waals surface area contributed by atoms with E-state index in [1.54, 1.807) is 6.07 Å². The molecule has 1 aromatic heterocycles. The van der Waals surface area contributed by atoms with Crippen molar-refractivity contribution < 1.29 is 18.7 Å². The van der Waals surface area contributed by atoms with E-state index < -0.39 is 5.60 Å². The molecule has 4 rings (SSSR count). The average molecular weight is 569 g/mol. The SMILES string of the molecule is COCC(=O)O[C@@]1(CCN(C)CCCc2nc3ccccc3[nH]2)CCc2cc(F)ccc2[C@@H]1C(C)C.Cl.Cl. The van der Waals surface area contributed by atoms with Gasteiger partial charge in [0.2, 0.25) is 0 Å². The van der Waals surface area contributed by atoms with Crippen LogP contribution in [-0.4, -0.2) is 60.3 Å². The Hall–Kier alpha value is -2.19. The fourth-order valence-corrected chi connectivity index (χ4v) is 5.80. The number of aromatic nitrogens is 2. The van der Waals surface area contributed by atoms with Crippen molar-refractivity contribution in [1.29, 1.82) is 0 Å². The summed E-state index contributed by atoms with van der Waals surface area (Å²) in [4.78, 5) is 23.0. The second-order valence-electron chi connectivity index (χ2n) is 10.4. The van der Waals surface area contributed by atoms with Gasteiger partial charge in [-0.15, -0.1) is 24.8 Å². The fourth-order valence-electron chi connectivity index (χ4n) is 5.80. The summed E-state index contributed by atoms with van der Waals surface area (Å²) in [5, 5.41) is 0. The van der Waals surface area contributed by atoms with Crippen molar-refractivity contribution in [1.82, 2.24) is 14.9 Å². The number of aromatic amines is 1. The maximum Gasteiger partial charge on any atom is 0.332 e. The molecule has 0 bridgehead atoms. The Morgan fingerprint density at radius 1 is 1.21 bits per heavy atom. The number of hydrogen-bond acceptors (Lipinski definition) is 5. The molecule has 0 aliphatic heterocycles. The maximum absolute atomic E-state index is 14.0. The summed E-state index contributed by atoms with van der Waals surface area (Å²) in [6, 6.07) is 13.1. The Morgan fingerprint density at radius 2 is 1.97 bits per heavy atom. The predicted octanol–water partition coefficient (Wildman–Crippen LogP) is 6.11. The van der Waals surface area contributed by atoms with E-state index in [4.69, 9.17) is 9.47 Å². The van der Waals surface area contributed by atoms with Crippen LogP contribution in [0.25, 0.3) is 11.0 Å². The van der Waals surface area contributed by atoms with Crippen LogP contribution in [0.4, 0.5) is 4.39 Å². The summed E-state index contributed by atoms with van der Waals surface area (Å²) in [6.07, 6.45) is 3.92. The van der Waals surface area contributed by atoms with Crippen molar-refractivity contribution in [2.75, 3.05) is 33.9 Å². The molecule has 3 aromatic rings. The van der Waals surface area contributed by atoms with Gasteiger partial charge in [-0.1, -0.05) is 32.0 Å². The number of fused-ring (bicyclic) bond motifs is 2. The highest BCUT2D eigenvalue weighted by atomic mass is 35.5. The van der Waals surface area contributed by atoms with E-state index in [2.05, 4.69) is 35.8 Å². The molecule has 38 heavy (non-hydrogen) atoms. The summed E-state index contributed by atoms with van der Waals surface area (Å²) in [5.74, 6) is 0.658. The monoisotopic (exact) mass is 567 g/mol. The number of esters is 1. The van der Waals surface area contributed by atoms with Gasteiger partial charge in [0.05, 0.1) is 11.0 Å². The highest BCUT2D eigenvalue weighted by molar-refractivity contribution is 5.85. The number of para-hydroxylation sites is 2. The van der Waals surface area contributed by atoms with E-state index in [1.165, 1.54) is 13.2 Å². The molecule has 1 heterocycles. The first kappa shape index (κ1) is 32.0. The second-order valence-corrected chi connectivity index (χ2v) is 10.4. The number of imidazole rings is 1. The summed E-state index contributed by atoms with van der Waals surface area (Å²) < 4.78 is 25.3. The van der Waals surface area contributed by atoms with E-state index in [-0.39, 0.29) is 55.0 Å². The number of nitrogens with zero attached hydrogens (tertiary/aromatic N) is 2. The van der Waals surface area contributed by atoms with Gasteiger partial charge in [-0.3, -0.25) is 0 Å². The smallest absolute Gasteiger partial charge is 0.332 e. The minimum absolute atomic E-state index is 0. The minimum Gasteiger partial charge on any atom is -0.457 e. The molecule has 1 aliphatic rings. The van der Waals surface area contributed by atoms with Crippen LogP contribution in [0, 0.1) is 11.7 Å². The number of carbonyl (C=O) groups excluding carboxylic acids is 1. The molecule has 0 saturated carbocycles. The number of carbonyl (C=O) groups is 1. The van der Waals surface area contributed by atoms with Crippen LogP contribution in [0.2, 0.25) is 0 Å².